The maximum absolute atomic E-state index is 12.4. The molecule has 3 aromatic carbocycles. The number of rotatable bonds is 7. The lowest BCUT2D eigenvalue weighted by atomic mass is 9.83. The van der Waals surface area contributed by atoms with Crippen molar-refractivity contribution in [1.29, 1.82) is 0 Å². The number of carboxylic acids is 1. The largest absolute Gasteiger partial charge is 0.478 e. The first-order valence-corrected chi connectivity index (χ1v) is 13.8. The van der Waals surface area contributed by atoms with E-state index in [1.165, 1.54) is 5.57 Å². The predicted molar refractivity (Wildman–Crippen MR) is 162 cm³/mol. The Morgan fingerprint density at radius 1 is 1.08 bits per heavy atom. The zero-order valence-electron chi connectivity index (χ0n) is 21.8. The van der Waals surface area contributed by atoms with Gasteiger partial charge in [-0.25, -0.2) is 4.79 Å². The minimum absolute atomic E-state index is 0. The smallest absolute Gasteiger partial charge is 0.338 e. The van der Waals surface area contributed by atoms with E-state index in [1.54, 1.807) is 0 Å². The third kappa shape index (κ3) is 5.95. The van der Waals surface area contributed by atoms with Crippen molar-refractivity contribution in [3.05, 3.63) is 104 Å². The van der Waals surface area contributed by atoms with Crippen molar-refractivity contribution >= 4 is 53.2 Å². The van der Waals surface area contributed by atoms with Crippen molar-refractivity contribution in [1.82, 2.24) is 4.90 Å². The molecule has 1 aliphatic heterocycles. The van der Waals surface area contributed by atoms with Gasteiger partial charge in [0.1, 0.15) is 0 Å². The topological polar surface area (TPSA) is 40.5 Å². The maximum atomic E-state index is 12.4. The molecule has 0 unspecified atom stereocenters. The van der Waals surface area contributed by atoms with Gasteiger partial charge in [0.25, 0.3) is 0 Å². The molecule has 1 heterocycles. The average molecular weight is 587 g/mol. The standard InChI is InChI=1S/C32H30Cl2FNO2.ClH/c1-20-16-21(17-22-18-36(19-22)15-7-14-35)12-13-24(20)25-10-5-6-11-26-28(25)27(23-8-3-2-4-9-23)31(34)29(30(26)33)32(37)38;/h2-4,8-10,12-13,16-17H,5-7,11,14-15,18-19H2,1H3,(H,37,38);1H. The van der Waals surface area contributed by atoms with Gasteiger partial charge in [-0.05, 0) is 77.1 Å². The highest BCUT2D eigenvalue weighted by molar-refractivity contribution is 6.42. The number of likely N-dealkylation sites (tertiary alicyclic amines) is 1. The van der Waals surface area contributed by atoms with Gasteiger partial charge in [-0.1, -0.05) is 83.9 Å². The lowest BCUT2D eigenvalue weighted by Crippen LogP contribution is -2.40. The van der Waals surface area contributed by atoms with Crippen LogP contribution in [0.3, 0.4) is 0 Å². The lowest BCUT2D eigenvalue weighted by Gasteiger charge is -2.33. The molecule has 0 saturated carbocycles. The Labute approximate surface area is 245 Å². The van der Waals surface area contributed by atoms with Crippen LogP contribution in [0.5, 0.6) is 0 Å². The van der Waals surface area contributed by atoms with Crippen molar-refractivity contribution in [2.45, 2.75) is 32.6 Å². The number of nitrogens with zero attached hydrogens (tertiary/aromatic N) is 1. The number of hydrogen-bond donors (Lipinski definition) is 1. The second-order valence-corrected chi connectivity index (χ2v) is 10.8. The van der Waals surface area contributed by atoms with Gasteiger partial charge < -0.3 is 5.11 Å². The van der Waals surface area contributed by atoms with Crippen LogP contribution in [-0.2, 0) is 6.42 Å². The summed E-state index contributed by atoms with van der Waals surface area (Å²) in [6, 6.07) is 16.2. The molecule has 0 bridgehead atoms. The van der Waals surface area contributed by atoms with Crippen LogP contribution in [0.4, 0.5) is 4.39 Å². The number of benzene rings is 3. The van der Waals surface area contributed by atoms with E-state index >= 15 is 0 Å². The first kappa shape index (κ1) is 29.4. The first-order chi connectivity index (χ1) is 18.4. The van der Waals surface area contributed by atoms with Gasteiger partial charge >= 0.3 is 5.97 Å². The molecule has 3 aromatic rings. The number of aromatic carboxylic acids is 1. The molecule has 0 amide bonds. The number of alkyl halides is 1. The molecule has 0 aromatic heterocycles. The van der Waals surface area contributed by atoms with Crippen LogP contribution < -0.4 is 0 Å². The van der Waals surface area contributed by atoms with E-state index in [9.17, 15) is 14.3 Å². The fourth-order valence-corrected chi connectivity index (χ4v) is 6.38. The number of halogens is 4. The number of carbonyl (C=O) groups is 1. The van der Waals surface area contributed by atoms with Gasteiger partial charge in [-0.15, -0.1) is 12.4 Å². The Balaban J connectivity index is 0.00000353. The molecule has 1 saturated heterocycles. The fraction of sp³-hybridized carbons (Fsp3) is 0.281. The Morgan fingerprint density at radius 2 is 1.82 bits per heavy atom. The number of allylic oxidation sites excluding steroid dienone is 1. The molecular weight excluding hydrogens is 556 g/mol. The van der Waals surface area contributed by atoms with Crippen molar-refractivity contribution < 1.29 is 14.3 Å². The summed E-state index contributed by atoms with van der Waals surface area (Å²) >= 11 is 13.6. The quantitative estimate of drug-likeness (QED) is 0.300. The van der Waals surface area contributed by atoms with E-state index in [-0.39, 0.29) is 34.7 Å². The fourth-order valence-electron chi connectivity index (χ4n) is 5.59. The molecule has 39 heavy (non-hydrogen) atoms. The SMILES string of the molecule is Cc1cc(C=C2CN(CCCF)C2)ccc1C1=CCCCc2c(Cl)c(C(=O)O)c(Cl)c(-c3ccccc3)c21.Cl. The second-order valence-electron chi connectivity index (χ2n) is 10.0. The molecule has 5 rings (SSSR count). The molecular formula is C32H31Cl3FNO2. The highest BCUT2D eigenvalue weighted by atomic mass is 35.5. The minimum atomic E-state index is -1.12. The predicted octanol–water partition coefficient (Wildman–Crippen LogP) is 8.92. The molecule has 0 radical (unpaired) electrons. The number of fused-ring (bicyclic) bond motifs is 1. The number of aryl methyl sites for hydroxylation is 1. The zero-order valence-corrected chi connectivity index (χ0v) is 24.1. The van der Waals surface area contributed by atoms with Gasteiger partial charge in [0.2, 0.25) is 0 Å². The van der Waals surface area contributed by atoms with Crippen LogP contribution in [0.2, 0.25) is 10.0 Å². The molecule has 1 N–H and O–H groups in total. The summed E-state index contributed by atoms with van der Waals surface area (Å²) in [6.07, 6.45) is 7.45. The molecule has 2 aliphatic rings. The van der Waals surface area contributed by atoms with Gasteiger partial charge in [0.05, 0.1) is 22.3 Å². The van der Waals surface area contributed by atoms with Crippen LogP contribution >= 0.6 is 35.6 Å². The molecule has 204 valence electrons. The zero-order chi connectivity index (χ0) is 26.8. The van der Waals surface area contributed by atoms with Gasteiger partial charge in [-0.2, -0.15) is 0 Å². The van der Waals surface area contributed by atoms with E-state index in [2.05, 4.69) is 42.2 Å². The van der Waals surface area contributed by atoms with E-state index < -0.39 is 5.97 Å². The van der Waals surface area contributed by atoms with Crippen LogP contribution in [0, 0.1) is 6.92 Å². The summed E-state index contributed by atoms with van der Waals surface area (Å²) in [4.78, 5) is 14.5. The van der Waals surface area contributed by atoms with E-state index in [0.717, 1.165) is 71.4 Å². The first-order valence-electron chi connectivity index (χ1n) is 13.0. The summed E-state index contributed by atoms with van der Waals surface area (Å²) in [7, 11) is 0. The Kier molecular flexibility index (Phi) is 9.56. The Morgan fingerprint density at radius 3 is 2.49 bits per heavy atom. The summed E-state index contributed by atoms with van der Waals surface area (Å²) in [5.41, 5.74) is 9.04. The van der Waals surface area contributed by atoms with Crippen molar-refractivity contribution in [2.75, 3.05) is 26.3 Å². The van der Waals surface area contributed by atoms with Crippen molar-refractivity contribution in [3.8, 4) is 11.1 Å². The normalized spacial score (nSPS) is 15.0. The lowest BCUT2D eigenvalue weighted by molar-refractivity contribution is 0.0697. The molecule has 1 fully saturated rings. The summed E-state index contributed by atoms with van der Waals surface area (Å²) in [6.45, 7) is 4.42. The third-order valence-corrected chi connectivity index (χ3v) is 8.17. The monoisotopic (exact) mass is 585 g/mol. The van der Waals surface area contributed by atoms with Gasteiger partial charge in [0.15, 0.2) is 0 Å². The second kappa shape index (κ2) is 12.7. The molecule has 0 atom stereocenters. The van der Waals surface area contributed by atoms with Gasteiger partial charge in [0, 0.05) is 25.2 Å². The summed E-state index contributed by atoms with van der Waals surface area (Å²) in [5, 5.41) is 10.4. The average Bonchev–Trinajstić information content (AvgIpc) is 3.09. The highest BCUT2D eigenvalue weighted by Gasteiger charge is 2.29. The maximum Gasteiger partial charge on any atom is 0.338 e. The van der Waals surface area contributed by atoms with Crippen LogP contribution in [0.15, 0.2) is 60.2 Å². The molecule has 1 aliphatic carbocycles. The van der Waals surface area contributed by atoms with Crippen LogP contribution in [-0.4, -0.2) is 42.3 Å². The van der Waals surface area contributed by atoms with Crippen LogP contribution in [0.1, 0.15) is 57.4 Å². The summed E-state index contributed by atoms with van der Waals surface area (Å²) < 4.78 is 12.4. The van der Waals surface area contributed by atoms with Crippen molar-refractivity contribution in [3.63, 3.8) is 0 Å². The number of carboxylic acid groups (broad SMARTS) is 1. The van der Waals surface area contributed by atoms with Gasteiger partial charge in [-0.3, -0.25) is 9.29 Å². The Bertz CT molecular complexity index is 1440. The third-order valence-electron chi connectivity index (χ3n) is 7.37. The van der Waals surface area contributed by atoms with Crippen LogP contribution in [0.25, 0.3) is 22.8 Å². The molecule has 3 nitrogen and oxygen atoms in total. The summed E-state index contributed by atoms with van der Waals surface area (Å²) in [5.74, 6) is -1.12. The number of hydrogen-bond acceptors (Lipinski definition) is 2. The highest BCUT2D eigenvalue weighted by Crippen LogP contribution is 2.47. The van der Waals surface area contributed by atoms with Crippen molar-refractivity contribution in [2.24, 2.45) is 0 Å². The van der Waals surface area contributed by atoms with E-state index in [0.29, 0.717) is 18.4 Å². The van der Waals surface area contributed by atoms with E-state index in [1.807, 2.05) is 30.3 Å². The molecule has 7 heteroatoms. The molecule has 0 spiro atoms. The minimum Gasteiger partial charge on any atom is -0.478 e. The Hall–Kier alpha value is -2.63. The van der Waals surface area contributed by atoms with E-state index in [4.69, 9.17) is 23.2 Å².